The largest absolute Gasteiger partial charge is 0.463 e. The van der Waals surface area contributed by atoms with Crippen LogP contribution in [0.4, 0.5) is 0 Å². The van der Waals surface area contributed by atoms with E-state index < -0.39 is 23.1 Å². The molecular weight excluding hydrogens is 415 g/mol. The summed E-state index contributed by atoms with van der Waals surface area (Å²) in [5.74, 6) is -0.611. The summed E-state index contributed by atoms with van der Waals surface area (Å²) >= 11 is 12.4. The van der Waals surface area contributed by atoms with Crippen molar-refractivity contribution >= 4 is 45.6 Å². The molecule has 0 saturated carbocycles. The number of benzene rings is 2. The Morgan fingerprint density at radius 2 is 1.72 bits per heavy atom. The van der Waals surface area contributed by atoms with Crippen LogP contribution in [0.25, 0.3) is 16.5 Å². The van der Waals surface area contributed by atoms with Gasteiger partial charge in [0.1, 0.15) is 6.04 Å². The number of nitrogens with zero attached hydrogens (tertiary/aromatic N) is 2. The highest BCUT2D eigenvalue weighted by molar-refractivity contribution is 6.35. The average Bonchev–Trinajstić information content (AvgIpc) is 2.99. The van der Waals surface area contributed by atoms with Crippen molar-refractivity contribution in [1.82, 2.24) is 9.36 Å². The van der Waals surface area contributed by atoms with Gasteiger partial charge in [0, 0.05) is 15.6 Å². The number of fused-ring (bicyclic) bond motifs is 2. The Hall–Kier alpha value is -2.83. The van der Waals surface area contributed by atoms with Crippen molar-refractivity contribution in [2.75, 3.05) is 6.61 Å². The molecule has 1 aliphatic heterocycles. The molecule has 0 bridgehead atoms. The minimum Gasteiger partial charge on any atom is -0.463 e. The van der Waals surface area contributed by atoms with E-state index in [4.69, 9.17) is 27.9 Å². The molecule has 148 valence electrons. The molecule has 2 aromatic carbocycles. The van der Waals surface area contributed by atoms with Gasteiger partial charge < -0.3 is 4.74 Å². The van der Waals surface area contributed by atoms with E-state index in [2.05, 4.69) is 0 Å². The van der Waals surface area contributed by atoms with Gasteiger partial charge in [-0.1, -0.05) is 41.4 Å². The van der Waals surface area contributed by atoms with E-state index in [-0.39, 0.29) is 28.0 Å². The Balaban J connectivity index is 2.13. The van der Waals surface area contributed by atoms with Crippen molar-refractivity contribution in [1.29, 1.82) is 0 Å². The van der Waals surface area contributed by atoms with Gasteiger partial charge in [0.15, 0.2) is 0 Å². The highest BCUT2D eigenvalue weighted by Crippen LogP contribution is 2.39. The van der Waals surface area contributed by atoms with Crippen LogP contribution in [0, 0.1) is 0 Å². The standard InChI is InChI=1S/C21H16Cl2N2O4/c1-3-29-21(28)17-11(2)24-19(26)13-6-4-5-7-14(13)20(27)25(24)18(17)15-9-8-12(22)10-16(15)23/h4-10,18H,3H2,1-2H3. The minimum absolute atomic E-state index is 0.152. The van der Waals surface area contributed by atoms with Crippen molar-refractivity contribution in [2.24, 2.45) is 0 Å². The number of aromatic nitrogens is 2. The van der Waals surface area contributed by atoms with Gasteiger partial charge in [-0.15, -0.1) is 0 Å². The van der Waals surface area contributed by atoms with Crippen molar-refractivity contribution in [2.45, 2.75) is 19.9 Å². The maximum Gasteiger partial charge on any atom is 0.338 e. The molecule has 1 aliphatic rings. The fourth-order valence-electron chi connectivity index (χ4n) is 3.74. The molecule has 0 radical (unpaired) electrons. The first-order valence-corrected chi connectivity index (χ1v) is 9.72. The first kappa shape index (κ1) is 19.5. The van der Waals surface area contributed by atoms with Crippen molar-refractivity contribution in [3.8, 4) is 0 Å². The minimum atomic E-state index is -0.913. The number of carbonyl (C=O) groups excluding carboxylic acids is 1. The van der Waals surface area contributed by atoms with Gasteiger partial charge in [-0.2, -0.15) is 0 Å². The first-order chi connectivity index (χ1) is 13.9. The second kappa shape index (κ2) is 7.21. The van der Waals surface area contributed by atoms with Gasteiger partial charge in [-0.25, -0.2) is 14.2 Å². The van der Waals surface area contributed by atoms with Gasteiger partial charge >= 0.3 is 5.97 Å². The quantitative estimate of drug-likeness (QED) is 0.591. The molecule has 2 heterocycles. The van der Waals surface area contributed by atoms with Gasteiger partial charge in [0.05, 0.1) is 28.6 Å². The zero-order valence-electron chi connectivity index (χ0n) is 15.6. The van der Waals surface area contributed by atoms with E-state index in [1.165, 1.54) is 15.4 Å². The number of hydrogen-bond acceptors (Lipinski definition) is 4. The summed E-state index contributed by atoms with van der Waals surface area (Å²) in [5.41, 5.74) is 0.182. The maximum absolute atomic E-state index is 13.4. The van der Waals surface area contributed by atoms with Crippen molar-refractivity contribution in [3.05, 3.63) is 84.4 Å². The van der Waals surface area contributed by atoms with Crippen LogP contribution in [0.3, 0.4) is 0 Å². The van der Waals surface area contributed by atoms with E-state index in [1.54, 1.807) is 50.2 Å². The van der Waals surface area contributed by atoms with Crippen LogP contribution in [-0.4, -0.2) is 21.9 Å². The summed E-state index contributed by atoms with van der Waals surface area (Å²) in [7, 11) is 0. The molecule has 0 fully saturated rings. The lowest BCUT2D eigenvalue weighted by atomic mass is 9.98. The molecule has 29 heavy (non-hydrogen) atoms. The fraction of sp³-hybridized carbons (Fsp3) is 0.190. The van der Waals surface area contributed by atoms with Crippen LogP contribution >= 0.6 is 23.2 Å². The summed E-state index contributed by atoms with van der Waals surface area (Å²) in [6.07, 6.45) is 0. The number of hydrogen-bond donors (Lipinski definition) is 0. The summed E-state index contributed by atoms with van der Waals surface area (Å²) in [4.78, 5) is 39.4. The normalized spacial score (nSPS) is 15.7. The molecule has 8 heteroatoms. The number of rotatable bonds is 3. The zero-order valence-corrected chi connectivity index (χ0v) is 17.1. The summed E-state index contributed by atoms with van der Waals surface area (Å²) in [5, 5.41) is 1.23. The topological polar surface area (TPSA) is 70.3 Å². The molecule has 0 spiro atoms. The second-order valence-electron chi connectivity index (χ2n) is 6.60. The lowest BCUT2D eigenvalue weighted by Crippen LogP contribution is -2.37. The summed E-state index contributed by atoms with van der Waals surface area (Å²) in [6, 6.07) is 10.4. The molecule has 0 aliphatic carbocycles. The fourth-order valence-corrected chi connectivity index (χ4v) is 4.25. The summed E-state index contributed by atoms with van der Waals surface area (Å²) < 4.78 is 7.72. The van der Waals surface area contributed by atoms with Crippen LogP contribution in [0.1, 0.15) is 25.5 Å². The number of allylic oxidation sites excluding steroid dienone is 1. The van der Waals surface area contributed by atoms with Crippen molar-refractivity contribution in [3.63, 3.8) is 0 Å². The Labute approximate surface area is 175 Å². The van der Waals surface area contributed by atoms with Gasteiger partial charge in [-0.05, 0) is 38.1 Å². The van der Waals surface area contributed by atoms with E-state index >= 15 is 0 Å². The lowest BCUT2D eigenvalue weighted by Gasteiger charge is -2.19. The number of halogens is 2. The molecule has 0 amide bonds. The third-order valence-corrected chi connectivity index (χ3v) is 5.54. The predicted octanol–water partition coefficient (Wildman–Crippen LogP) is 3.87. The highest BCUT2D eigenvalue weighted by atomic mass is 35.5. The SMILES string of the molecule is CCOC(=O)C1=C(C)n2c(=O)c3ccccc3c(=O)n2C1c1ccc(Cl)cc1Cl. The Kier molecular flexibility index (Phi) is 4.84. The van der Waals surface area contributed by atoms with Crippen LogP contribution in [0.15, 0.2) is 57.6 Å². The molecule has 4 rings (SSSR count). The van der Waals surface area contributed by atoms with E-state index in [1.807, 2.05) is 0 Å². The molecule has 1 atom stereocenters. The smallest absolute Gasteiger partial charge is 0.338 e. The molecule has 3 aromatic rings. The Morgan fingerprint density at radius 1 is 1.07 bits per heavy atom. The Morgan fingerprint density at radius 3 is 2.34 bits per heavy atom. The van der Waals surface area contributed by atoms with E-state index in [9.17, 15) is 14.4 Å². The molecule has 1 aromatic heterocycles. The zero-order chi connectivity index (χ0) is 20.9. The van der Waals surface area contributed by atoms with Crippen LogP contribution in [0.2, 0.25) is 10.0 Å². The van der Waals surface area contributed by atoms with Gasteiger partial charge in [-0.3, -0.25) is 9.59 Å². The lowest BCUT2D eigenvalue weighted by molar-refractivity contribution is -0.138. The predicted molar refractivity (Wildman–Crippen MR) is 113 cm³/mol. The molecular formula is C21H16Cl2N2O4. The van der Waals surface area contributed by atoms with Crippen LogP contribution in [0.5, 0.6) is 0 Å². The second-order valence-corrected chi connectivity index (χ2v) is 7.44. The number of carbonyl (C=O) groups is 1. The highest BCUT2D eigenvalue weighted by Gasteiger charge is 2.39. The van der Waals surface area contributed by atoms with Crippen LogP contribution < -0.4 is 11.1 Å². The number of ether oxygens (including phenoxy) is 1. The average molecular weight is 431 g/mol. The van der Waals surface area contributed by atoms with Crippen LogP contribution in [-0.2, 0) is 9.53 Å². The molecule has 1 unspecified atom stereocenters. The Bertz CT molecular complexity index is 1320. The third kappa shape index (κ3) is 2.91. The third-order valence-electron chi connectivity index (χ3n) is 4.98. The van der Waals surface area contributed by atoms with Gasteiger partial charge in [0.25, 0.3) is 11.1 Å². The van der Waals surface area contributed by atoms with Gasteiger partial charge in [0.2, 0.25) is 0 Å². The molecule has 0 saturated heterocycles. The summed E-state index contributed by atoms with van der Waals surface area (Å²) in [6.45, 7) is 3.45. The number of esters is 1. The van der Waals surface area contributed by atoms with E-state index in [0.717, 1.165) is 0 Å². The molecule has 0 N–H and O–H groups in total. The maximum atomic E-state index is 13.4. The van der Waals surface area contributed by atoms with E-state index in [0.29, 0.717) is 16.3 Å². The molecule has 6 nitrogen and oxygen atoms in total. The van der Waals surface area contributed by atoms with Crippen molar-refractivity contribution < 1.29 is 9.53 Å². The first-order valence-electron chi connectivity index (χ1n) is 8.96. The monoisotopic (exact) mass is 430 g/mol.